The van der Waals surface area contributed by atoms with Crippen LogP contribution in [-0.4, -0.2) is 23.2 Å². The van der Waals surface area contributed by atoms with Gasteiger partial charge in [0.25, 0.3) is 0 Å². The molecule has 1 aliphatic carbocycles. The number of rotatable bonds is 6. The van der Waals surface area contributed by atoms with Gasteiger partial charge < -0.3 is 11.1 Å². The third-order valence-electron chi connectivity index (χ3n) is 3.25. The maximum atomic E-state index is 11.6. The van der Waals surface area contributed by atoms with E-state index < -0.39 is 5.54 Å². The molecule has 3 nitrogen and oxygen atoms in total. The molecule has 1 unspecified atom stereocenters. The van der Waals surface area contributed by atoms with Crippen LogP contribution >= 0.6 is 11.8 Å². The molecular weight excluding hydrogens is 244 g/mol. The lowest BCUT2D eigenvalue weighted by Gasteiger charge is -2.27. The van der Waals surface area contributed by atoms with Gasteiger partial charge in [-0.2, -0.15) is 0 Å². The van der Waals surface area contributed by atoms with Crippen LogP contribution in [0.1, 0.15) is 25.3 Å². The van der Waals surface area contributed by atoms with Crippen LogP contribution in [0.3, 0.4) is 0 Å². The maximum absolute atomic E-state index is 11.6. The molecule has 98 valence electrons. The summed E-state index contributed by atoms with van der Waals surface area (Å²) >= 11 is 1.69. The SMILES string of the molecule is Cc1ccccc1SCC(C)(NC1CC1)C(N)=O. The summed E-state index contributed by atoms with van der Waals surface area (Å²) in [4.78, 5) is 12.8. The minimum Gasteiger partial charge on any atom is -0.368 e. The molecule has 1 aromatic rings. The van der Waals surface area contributed by atoms with E-state index in [9.17, 15) is 4.79 Å². The van der Waals surface area contributed by atoms with Crippen molar-refractivity contribution in [3.8, 4) is 0 Å². The Labute approximate surface area is 113 Å². The van der Waals surface area contributed by atoms with Crippen LogP contribution in [0.15, 0.2) is 29.2 Å². The molecule has 0 saturated heterocycles. The van der Waals surface area contributed by atoms with Crippen molar-refractivity contribution in [1.82, 2.24) is 5.32 Å². The molecule has 1 aromatic carbocycles. The Hall–Kier alpha value is -1.00. The summed E-state index contributed by atoms with van der Waals surface area (Å²) in [5.74, 6) is 0.402. The first kappa shape index (κ1) is 13.4. The van der Waals surface area contributed by atoms with E-state index in [1.807, 2.05) is 19.1 Å². The number of amides is 1. The number of aryl methyl sites for hydroxylation is 1. The number of benzene rings is 1. The van der Waals surface area contributed by atoms with Gasteiger partial charge in [0.1, 0.15) is 5.54 Å². The zero-order valence-electron chi connectivity index (χ0n) is 10.9. The van der Waals surface area contributed by atoms with E-state index in [2.05, 4.69) is 24.4 Å². The molecule has 1 aliphatic rings. The standard InChI is InChI=1S/C14H20N2OS/c1-10-5-3-4-6-12(10)18-9-14(2,13(15)17)16-11-7-8-11/h3-6,11,16H,7-9H2,1-2H3,(H2,15,17). The molecule has 3 N–H and O–H groups in total. The average Bonchev–Trinajstić information content (AvgIpc) is 3.11. The predicted molar refractivity (Wildman–Crippen MR) is 75.7 cm³/mol. The van der Waals surface area contributed by atoms with Crippen LogP contribution in [-0.2, 0) is 4.79 Å². The van der Waals surface area contributed by atoms with E-state index in [0.29, 0.717) is 11.8 Å². The highest BCUT2D eigenvalue weighted by atomic mass is 32.2. The first-order valence-electron chi connectivity index (χ1n) is 6.27. The van der Waals surface area contributed by atoms with E-state index in [-0.39, 0.29) is 5.91 Å². The summed E-state index contributed by atoms with van der Waals surface area (Å²) in [6.07, 6.45) is 2.30. The number of nitrogens with one attached hydrogen (secondary N) is 1. The molecule has 0 heterocycles. The molecule has 4 heteroatoms. The monoisotopic (exact) mass is 264 g/mol. The Bertz CT molecular complexity index is 445. The van der Waals surface area contributed by atoms with Crippen molar-refractivity contribution in [1.29, 1.82) is 0 Å². The first-order chi connectivity index (χ1) is 8.51. The van der Waals surface area contributed by atoms with E-state index in [4.69, 9.17) is 5.73 Å². The fourth-order valence-corrected chi connectivity index (χ4v) is 2.94. The van der Waals surface area contributed by atoms with Crippen LogP contribution in [0, 0.1) is 6.92 Å². The summed E-state index contributed by atoms with van der Waals surface area (Å²) in [6.45, 7) is 3.98. The predicted octanol–water partition coefficient (Wildman–Crippen LogP) is 2.08. The summed E-state index contributed by atoms with van der Waals surface area (Å²) in [5.41, 5.74) is 6.15. The van der Waals surface area contributed by atoms with Crippen LogP contribution in [0.5, 0.6) is 0 Å². The van der Waals surface area contributed by atoms with Crippen molar-refractivity contribution in [2.45, 2.75) is 43.2 Å². The average molecular weight is 264 g/mol. The van der Waals surface area contributed by atoms with Crippen LogP contribution in [0.4, 0.5) is 0 Å². The van der Waals surface area contributed by atoms with Gasteiger partial charge in [-0.05, 0) is 38.3 Å². The van der Waals surface area contributed by atoms with E-state index in [0.717, 1.165) is 12.8 Å². The van der Waals surface area contributed by atoms with Gasteiger partial charge in [-0.15, -0.1) is 11.8 Å². The van der Waals surface area contributed by atoms with Gasteiger partial charge in [-0.3, -0.25) is 4.79 Å². The van der Waals surface area contributed by atoms with Crippen molar-refractivity contribution in [2.75, 3.05) is 5.75 Å². The van der Waals surface area contributed by atoms with E-state index in [1.165, 1.54) is 10.5 Å². The molecule has 1 amide bonds. The molecule has 0 bridgehead atoms. The number of thioether (sulfide) groups is 1. The summed E-state index contributed by atoms with van der Waals surface area (Å²) in [7, 11) is 0. The van der Waals surface area contributed by atoms with Crippen molar-refractivity contribution in [3.05, 3.63) is 29.8 Å². The number of nitrogens with two attached hydrogens (primary N) is 1. The molecule has 18 heavy (non-hydrogen) atoms. The van der Waals surface area contributed by atoms with Crippen molar-refractivity contribution < 1.29 is 4.79 Å². The molecule has 1 saturated carbocycles. The van der Waals surface area contributed by atoms with Crippen molar-refractivity contribution in [2.24, 2.45) is 5.73 Å². The molecule has 0 spiro atoms. The third kappa shape index (κ3) is 3.27. The smallest absolute Gasteiger partial charge is 0.238 e. The molecule has 0 radical (unpaired) electrons. The number of carbonyl (C=O) groups is 1. The first-order valence-corrected chi connectivity index (χ1v) is 7.26. The van der Waals surface area contributed by atoms with Gasteiger partial charge in [0.15, 0.2) is 0 Å². The number of hydrogen-bond donors (Lipinski definition) is 2. The Morgan fingerprint density at radius 3 is 2.72 bits per heavy atom. The second-order valence-electron chi connectivity index (χ2n) is 5.17. The van der Waals surface area contributed by atoms with Gasteiger partial charge in [-0.1, -0.05) is 18.2 Å². The number of carbonyl (C=O) groups excluding carboxylic acids is 1. The van der Waals surface area contributed by atoms with Gasteiger partial charge in [0.2, 0.25) is 5.91 Å². The van der Waals surface area contributed by atoms with E-state index >= 15 is 0 Å². The van der Waals surface area contributed by atoms with Crippen LogP contribution in [0.2, 0.25) is 0 Å². The number of primary amides is 1. The largest absolute Gasteiger partial charge is 0.368 e. The Morgan fingerprint density at radius 1 is 1.50 bits per heavy atom. The topological polar surface area (TPSA) is 55.1 Å². The van der Waals surface area contributed by atoms with E-state index in [1.54, 1.807) is 11.8 Å². The quantitative estimate of drug-likeness (QED) is 0.774. The fourth-order valence-electron chi connectivity index (χ4n) is 1.80. The highest BCUT2D eigenvalue weighted by Crippen LogP contribution is 2.28. The summed E-state index contributed by atoms with van der Waals surface area (Å²) < 4.78 is 0. The summed E-state index contributed by atoms with van der Waals surface area (Å²) in [6, 6.07) is 8.68. The van der Waals surface area contributed by atoms with Crippen LogP contribution < -0.4 is 11.1 Å². The Balaban J connectivity index is 2.01. The highest BCUT2D eigenvalue weighted by Gasteiger charge is 2.37. The van der Waals surface area contributed by atoms with Gasteiger partial charge in [0.05, 0.1) is 0 Å². The van der Waals surface area contributed by atoms with Gasteiger partial charge in [-0.25, -0.2) is 0 Å². The fraction of sp³-hybridized carbons (Fsp3) is 0.500. The van der Waals surface area contributed by atoms with Gasteiger partial charge in [0, 0.05) is 16.7 Å². The second kappa shape index (κ2) is 5.33. The normalized spacial score (nSPS) is 18.3. The molecule has 1 fully saturated rings. The summed E-state index contributed by atoms with van der Waals surface area (Å²) in [5, 5.41) is 3.36. The Kier molecular flexibility index (Phi) is 3.97. The zero-order chi connectivity index (χ0) is 13.2. The van der Waals surface area contributed by atoms with Crippen LogP contribution in [0.25, 0.3) is 0 Å². The molecule has 1 atom stereocenters. The minimum atomic E-state index is -0.617. The lowest BCUT2D eigenvalue weighted by Crippen LogP contribution is -2.55. The molecule has 2 rings (SSSR count). The van der Waals surface area contributed by atoms with Crippen molar-refractivity contribution in [3.63, 3.8) is 0 Å². The van der Waals surface area contributed by atoms with Gasteiger partial charge >= 0.3 is 0 Å². The second-order valence-corrected chi connectivity index (χ2v) is 6.19. The third-order valence-corrected chi connectivity index (χ3v) is 4.74. The number of hydrogen-bond acceptors (Lipinski definition) is 3. The lowest BCUT2D eigenvalue weighted by atomic mass is 10.1. The Morgan fingerprint density at radius 2 is 2.17 bits per heavy atom. The molecular formula is C14H20N2OS. The molecule has 0 aromatic heterocycles. The highest BCUT2D eigenvalue weighted by molar-refractivity contribution is 7.99. The maximum Gasteiger partial charge on any atom is 0.238 e. The van der Waals surface area contributed by atoms with Crippen molar-refractivity contribution >= 4 is 17.7 Å². The lowest BCUT2D eigenvalue weighted by molar-refractivity contribution is -0.123. The minimum absolute atomic E-state index is 0.268. The molecule has 0 aliphatic heterocycles. The zero-order valence-corrected chi connectivity index (χ0v) is 11.7.